The Morgan fingerprint density at radius 2 is 2.00 bits per heavy atom. The van der Waals surface area contributed by atoms with Gasteiger partial charge in [-0.15, -0.1) is 0 Å². The van der Waals surface area contributed by atoms with Crippen LogP contribution in [0.2, 0.25) is 0 Å². The Morgan fingerprint density at radius 3 is 2.58 bits per heavy atom. The number of hydrogen-bond acceptors (Lipinski definition) is 3. The van der Waals surface area contributed by atoms with Crippen molar-refractivity contribution in [2.75, 3.05) is 25.9 Å². The number of aliphatic imine (C=N–C) groups is 1. The predicted molar refractivity (Wildman–Crippen MR) is 86.1 cm³/mol. The van der Waals surface area contributed by atoms with E-state index in [9.17, 15) is 0 Å². The summed E-state index contributed by atoms with van der Waals surface area (Å²) in [4.78, 5) is 7.26. The molecule has 0 aromatic rings. The van der Waals surface area contributed by atoms with Crippen molar-refractivity contribution in [3.8, 4) is 0 Å². The van der Waals surface area contributed by atoms with Gasteiger partial charge in [0.25, 0.3) is 0 Å². The molecule has 0 amide bonds. The maximum absolute atomic E-state index is 4.75. The fourth-order valence-corrected chi connectivity index (χ4v) is 4.42. The first kappa shape index (κ1) is 15.2. The summed E-state index contributed by atoms with van der Waals surface area (Å²) in [5, 5.41) is 4.81. The summed E-state index contributed by atoms with van der Waals surface area (Å²) in [5.41, 5.74) is 0.306. The SMILES string of the molecule is CCC1(CC)CSC(=NCCN(C)C2CCCC2)N1. The molecule has 0 bridgehead atoms. The summed E-state index contributed by atoms with van der Waals surface area (Å²) in [7, 11) is 2.26. The zero-order chi connectivity index (χ0) is 13.7. The Labute approximate surface area is 122 Å². The highest BCUT2D eigenvalue weighted by molar-refractivity contribution is 8.14. The van der Waals surface area contributed by atoms with E-state index in [1.165, 1.54) is 49.4 Å². The van der Waals surface area contributed by atoms with Crippen molar-refractivity contribution in [2.24, 2.45) is 4.99 Å². The molecule has 4 heteroatoms. The van der Waals surface area contributed by atoms with Gasteiger partial charge < -0.3 is 10.2 Å². The van der Waals surface area contributed by atoms with E-state index in [1.807, 2.05) is 11.8 Å². The molecule has 19 heavy (non-hydrogen) atoms. The van der Waals surface area contributed by atoms with Crippen LogP contribution in [0, 0.1) is 0 Å². The lowest BCUT2D eigenvalue weighted by molar-refractivity contribution is 0.252. The summed E-state index contributed by atoms with van der Waals surface area (Å²) < 4.78 is 0. The quantitative estimate of drug-likeness (QED) is 0.811. The molecule has 1 saturated carbocycles. The number of amidine groups is 1. The average molecular weight is 283 g/mol. The van der Waals surface area contributed by atoms with Crippen LogP contribution in [0.3, 0.4) is 0 Å². The van der Waals surface area contributed by atoms with Crippen molar-refractivity contribution in [3.05, 3.63) is 0 Å². The molecule has 0 atom stereocenters. The lowest BCUT2D eigenvalue weighted by Gasteiger charge is -2.25. The second kappa shape index (κ2) is 6.98. The van der Waals surface area contributed by atoms with Crippen LogP contribution in [0.1, 0.15) is 52.4 Å². The minimum absolute atomic E-state index is 0.306. The van der Waals surface area contributed by atoms with E-state index in [-0.39, 0.29) is 0 Å². The average Bonchev–Trinajstić information content (AvgIpc) is 3.09. The molecule has 1 N–H and O–H groups in total. The van der Waals surface area contributed by atoms with Crippen molar-refractivity contribution in [3.63, 3.8) is 0 Å². The summed E-state index contributed by atoms with van der Waals surface area (Å²) in [6.45, 7) is 6.58. The molecule has 1 aliphatic heterocycles. The number of thioether (sulfide) groups is 1. The van der Waals surface area contributed by atoms with Gasteiger partial charge in [-0.3, -0.25) is 4.99 Å². The molecule has 2 rings (SSSR count). The fourth-order valence-electron chi connectivity index (χ4n) is 3.06. The van der Waals surface area contributed by atoms with Crippen LogP contribution in [0.15, 0.2) is 4.99 Å². The first-order chi connectivity index (χ1) is 9.19. The molecular weight excluding hydrogens is 254 g/mol. The number of nitrogens with one attached hydrogen (secondary N) is 1. The zero-order valence-electron chi connectivity index (χ0n) is 12.7. The van der Waals surface area contributed by atoms with Crippen molar-refractivity contribution < 1.29 is 0 Å². The maximum atomic E-state index is 4.75. The smallest absolute Gasteiger partial charge is 0.157 e. The van der Waals surface area contributed by atoms with Crippen LogP contribution in [-0.2, 0) is 0 Å². The van der Waals surface area contributed by atoms with Crippen molar-refractivity contribution in [1.82, 2.24) is 10.2 Å². The second-order valence-electron chi connectivity index (χ2n) is 6.01. The Bertz CT molecular complexity index is 307. The van der Waals surface area contributed by atoms with E-state index in [0.29, 0.717) is 5.54 Å². The van der Waals surface area contributed by atoms with Crippen LogP contribution < -0.4 is 5.32 Å². The maximum Gasteiger partial charge on any atom is 0.157 e. The summed E-state index contributed by atoms with van der Waals surface area (Å²) in [6.07, 6.45) is 7.98. The van der Waals surface area contributed by atoms with Gasteiger partial charge in [-0.05, 0) is 32.7 Å². The number of hydrogen-bond donors (Lipinski definition) is 1. The molecule has 2 aliphatic rings. The van der Waals surface area contributed by atoms with Gasteiger partial charge >= 0.3 is 0 Å². The Balaban J connectivity index is 1.74. The molecule has 1 heterocycles. The third-order valence-electron chi connectivity index (χ3n) is 4.87. The highest BCUT2D eigenvalue weighted by Crippen LogP contribution is 2.28. The van der Waals surface area contributed by atoms with Gasteiger partial charge in [0.1, 0.15) is 0 Å². The molecule has 1 aliphatic carbocycles. The van der Waals surface area contributed by atoms with Gasteiger partial charge in [-0.25, -0.2) is 0 Å². The minimum atomic E-state index is 0.306. The lowest BCUT2D eigenvalue weighted by Crippen LogP contribution is -2.42. The van der Waals surface area contributed by atoms with Crippen molar-refractivity contribution in [2.45, 2.75) is 64.0 Å². The first-order valence-corrected chi connectivity index (χ1v) is 8.83. The van der Waals surface area contributed by atoms with Gasteiger partial charge in [0.05, 0.1) is 6.54 Å². The van der Waals surface area contributed by atoms with E-state index >= 15 is 0 Å². The minimum Gasteiger partial charge on any atom is -0.359 e. The van der Waals surface area contributed by atoms with E-state index in [0.717, 1.165) is 19.1 Å². The molecule has 2 fully saturated rings. The van der Waals surface area contributed by atoms with Crippen LogP contribution in [0.25, 0.3) is 0 Å². The highest BCUT2D eigenvalue weighted by atomic mass is 32.2. The normalized spacial score (nSPS) is 25.4. The van der Waals surface area contributed by atoms with Crippen LogP contribution in [0.5, 0.6) is 0 Å². The molecular formula is C15H29N3S. The van der Waals surface area contributed by atoms with Crippen LogP contribution >= 0.6 is 11.8 Å². The largest absolute Gasteiger partial charge is 0.359 e. The predicted octanol–water partition coefficient (Wildman–Crippen LogP) is 3.11. The Kier molecular flexibility index (Phi) is 5.58. The summed E-state index contributed by atoms with van der Waals surface area (Å²) in [5.74, 6) is 1.18. The summed E-state index contributed by atoms with van der Waals surface area (Å²) >= 11 is 1.90. The highest BCUT2D eigenvalue weighted by Gasteiger charge is 2.33. The van der Waals surface area contributed by atoms with Gasteiger partial charge in [0, 0.05) is 23.9 Å². The lowest BCUT2D eigenvalue weighted by atomic mass is 9.96. The molecule has 1 saturated heterocycles. The standard InChI is InChI=1S/C15H29N3S/c1-4-15(5-2)12-19-14(17-15)16-10-11-18(3)13-8-6-7-9-13/h13H,4-12H2,1-3H3,(H,16,17). The van der Waals surface area contributed by atoms with Gasteiger partial charge in [-0.2, -0.15) is 0 Å². The van der Waals surface area contributed by atoms with E-state index in [1.54, 1.807) is 0 Å². The van der Waals surface area contributed by atoms with Crippen molar-refractivity contribution >= 4 is 16.9 Å². The Hall–Kier alpha value is -0.220. The molecule has 0 aromatic carbocycles. The number of nitrogens with zero attached hydrogens (tertiary/aromatic N) is 2. The Morgan fingerprint density at radius 1 is 1.32 bits per heavy atom. The molecule has 110 valence electrons. The molecule has 0 unspecified atom stereocenters. The van der Waals surface area contributed by atoms with Gasteiger partial charge in [0.2, 0.25) is 0 Å². The number of likely N-dealkylation sites (N-methyl/N-ethyl adjacent to an activating group) is 1. The molecule has 3 nitrogen and oxygen atoms in total. The van der Waals surface area contributed by atoms with Crippen LogP contribution in [0.4, 0.5) is 0 Å². The topological polar surface area (TPSA) is 27.6 Å². The van der Waals surface area contributed by atoms with Gasteiger partial charge in [-0.1, -0.05) is 38.5 Å². The molecule has 0 spiro atoms. The molecule has 0 aromatic heterocycles. The number of rotatable bonds is 6. The van der Waals surface area contributed by atoms with E-state index in [4.69, 9.17) is 4.99 Å². The fraction of sp³-hybridized carbons (Fsp3) is 0.933. The third kappa shape index (κ3) is 3.88. The van der Waals surface area contributed by atoms with E-state index < -0.39 is 0 Å². The second-order valence-corrected chi connectivity index (χ2v) is 6.97. The third-order valence-corrected chi connectivity index (χ3v) is 6.07. The van der Waals surface area contributed by atoms with Crippen molar-refractivity contribution in [1.29, 1.82) is 0 Å². The van der Waals surface area contributed by atoms with Gasteiger partial charge in [0.15, 0.2) is 5.17 Å². The molecule has 0 radical (unpaired) electrons. The van der Waals surface area contributed by atoms with Crippen LogP contribution in [-0.4, -0.2) is 47.5 Å². The van der Waals surface area contributed by atoms with E-state index in [2.05, 4.69) is 31.1 Å². The monoisotopic (exact) mass is 283 g/mol. The summed E-state index contributed by atoms with van der Waals surface area (Å²) in [6, 6.07) is 0.815. The first-order valence-electron chi connectivity index (χ1n) is 7.85. The zero-order valence-corrected chi connectivity index (χ0v) is 13.6.